The maximum atomic E-state index is 11.7. The molecule has 0 saturated heterocycles. The number of carbonyl (C=O) groups is 3. The van der Waals surface area contributed by atoms with Gasteiger partial charge in [-0.05, 0) is 6.92 Å². The molecule has 0 aliphatic rings. The van der Waals surface area contributed by atoms with E-state index in [1.807, 2.05) is 0 Å². The van der Waals surface area contributed by atoms with Crippen LogP contribution in [0, 0.1) is 0 Å². The molecule has 0 bridgehead atoms. The topological polar surface area (TPSA) is 91.7 Å². The molecular weight excluding hydrogens is 226 g/mol. The minimum absolute atomic E-state index is 0.0502. The van der Waals surface area contributed by atoms with E-state index < -0.39 is 30.2 Å². The van der Waals surface area contributed by atoms with Crippen molar-refractivity contribution in [1.82, 2.24) is 0 Å². The number of rotatable bonds is 7. The van der Waals surface area contributed by atoms with Crippen molar-refractivity contribution in [3.63, 3.8) is 0 Å². The average Bonchev–Trinajstić information content (AvgIpc) is 1.96. The SMILES string of the molecule is CC(=O)CC(=O)C(O)(CC(=O)O)C[N+](C)(C)C. The summed E-state index contributed by atoms with van der Waals surface area (Å²) < 4.78 is 0.230. The molecule has 0 rings (SSSR count). The second-order valence-corrected chi connectivity index (χ2v) is 5.35. The number of ketones is 2. The summed E-state index contributed by atoms with van der Waals surface area (Å²) in [7, 11) is 5.19. The van der Waals surface area contributed by atoms with Crippen LogP contribution in [0.4, 0.5) is 0 Å². The summed E-state index contributed by atoms with van der Waals surface area (Å²) in [5.74, 6) is -2.39. The Hall–Kier alpha value is -1.27. The lowest BCUT2D eigenvalue weighted by atomic mass is 9.90. The van der Waals surface area contributed by atoms with Crippen LogP contribution in [0.2, 0.25) is 0 Å². The van der Waals surface area contributed by atoms with Crippen molar-refractivity contribution in [1.29, 1.82) is 0 Å². The number of carbonyl (C=O) groups excluding carboxylic acids is 2. The van der Waals surface area contributed by atoms with E-state index in [1.54, 1.807) is 21.1 Å². The molecule has 2 N–H and O–H groups in total. The predicted octanol–water partition coefficient (Wildman–Crippen LogP) is -0.553. The first-order valence-electron chi connectivity index (χ1n) is 5.24. The molecule has 0 aromatic carbocycles. The zero-order chi connectivity index (χ0) is 13.9. The van der Waals surface area contributed by atoms with Gasteiger partial charge in [0.05, 0.1) is 34.0 Å². The molecule has 0 aliphatic carbocycles. The first-order chi connectivity index (χ1) is 7.46. The smallest absolute Gasteiger partial charge is 0.306 e. The lowest BCUT2D eigenvalue weighted by Gasteiger charge is -2.33. The molecule has 0 aliphatic heterocycles. The highest BCUT2D eigenvalue weighted by Gasteiger charge is 2.43. The van der Waals surface area contributed by atoms with Crippen LogP contribution in [0.3, 0.4) is 0 Å². The number of Topliss-reactive ketones (excluding diaryl/α,β-unsaturated/α-hetero) is 2. The van der Waals surface area contributed by atoms with E-state index in [4.69, 9.17) is 5.11 Å². The zero-order valence-corrected chi connectivity index (χ0v) is 10.7. The molecule has 0 fully saturated rings. The second-order valence-electron chi connectivity index (χ2n) is 5.35. The van der Waals surface area contributed by atoms with Gasteiger partial charge in [-0.3, -0.25) is 14.4 Å². The molecule has 1 unspecified atom stereocenters. The number of nitrogens with zero attached hydrogens (tertiary/aromatic N) is 1. The Kier molecular flexibility index (Phi) is 4.97. The molecule has 1 atom stereocenters. The third-order valence-corrected chi connectivity index (χ3v) is 2.11. The molecule has 0 heterocycles. The van der Waals surface area contributed by atoms with Gasteiger partial charge in [0.25, 0.3) is 0 Å². The van der Waals surface area contributed by atoms with Crippen molar-refractivity contribution in [2.75, 3.05) is 27.7 Å². The second kappa shape index (κ2) is 5.37. The molecule has 0 spiro atoms. The molecule has 0 aromatic rings. The Labute approximate surface area is 100 Å². The van der Waals surface area contributed by atoms with Crippen LogP contribution in [0.25, 0.3) is 0 Å². The minimum Gasteiger partial charge on any atom is -0.481 e. The summed E-state index contributed by atoms with van der Waals surface area (Å²) in [6.45, 7) is 1.18. The first-order valence-corrected chi connectivity index (χ1v) is 5.24. The standard InChI is InChI=1S/C11H19NO5/c1-8(13)5-9(14)11(17,6-10(15)16)7-12(2,3)4/h17H,5-7H2,1-4H3/p+1. The number of aliphatic carboxylic acids is 1. The number of aliphatic hydroxyl groups is 1. The Balaban J connectivity index is 5.02. The van der Waals surface area contributed by atoms with Crippen molar-refractivity contribution in [2.45, 2.75) is 25.4 Å². The van der Waals surface area contributed by atoms with Crippen LogP contribution < -0.4 is 0 Å². The van der Waals surface area contributed by atoms with Gasteiger partial charge in [-0.25, -0.2) is 0 Å². The zero-order valence-electron chi connectivity index (χ0n) is 10.7. The molecule has 0 radical (unpaired) electrons. The Morgan fingerprint density at radius 2 is 1.65 bits per heavy atom. The van der Waals surface area contributed by atoms with Crippen molar-refractivity contribution in [3.8, 4) is 0 Å². The normalized spacial score (nSPS) is 15.1. The van der Waals surface area contributed by atoms with Crippen LogP contribution in [0.1, 0.15) is 19.8 Å². The third kappa shape index (κ3) is 6.13. The summed E-state index contributed by atoms with van der Waals surface area (Å²) in [4.78, 5) is 33.3. The quantitative estimate of drug-likeness (QED) is 0.464. The van der Waals surface area contributed by atoms with Crippen molar-refractivity contribution in [3.05, 3.63) is 0 Å². The summed E-state index contributed by atoms with van der Waals surface area (Å²) >= 11 is 0. The number of hydrogen-bond donors (Lipinski definition) is 2. The fourth-order valence-electron chi connectivity index (χ4n) is 1.67. The van der Waals surface area contributed by atoms with E-state index in [0.717, 1.165) is 0 Å². The number of quaternary nitrogens is 1. The Bertz CT molecular complexity index is 331. The monoisotopic (exact) mass is 246 g/mol. The molecule has 0 aromatic heterocycles. The van der Waals surface area contributed by atoms with Gasteiger partial charge in [-0.15, -0.1) is 0 Å². The summed E-state index contributed by atoms with van der Waals surface area (Å²) in [6.07, 6.45) is -1.13. The van der Waals surface area contributed by atoms with E-state index in [9.17, 15) is 19.5 Å². The van der Waals surface area contributed by atoms with Crippen LogP contribution >= 0.6 is 0 Å². The molecule has 6 nitrogen and oxygen atoms in total. The molecule has 0 saturated carbocycles. The molecule has 6 heteroatoms. The highest BCUT2D eigenvalue weighted by molar-refractivity contribution is 6.03. The van der Waals surface area contributed by atoms with Crippen LogP contribution in [-0.2, 0) is 14.4 Å². The fraction of sp³-hybridized carbons (Fsp3) is 0.727. The molecule has 98 valence electrons. The fourth-order valence-corrected chi connectivity index (χ4v) is 1.67. The van der Waals surface area contributed by atoms with Gasteiger partial charge in [-0.1, -0.05) is 0 Å². The van der Waals surface area contributed by atoms with Gasteiger partial charge in [0, 0.05) is 0 Å². The number of hydrogen-bond acceptors (Lipinski definition) is 4. The van der Waals surface area contributed by atoms with Crippen LogP contribution in [-0.4, -0.2) is 65.5 Å². The Morgan fingerprint density at radius 3 is 1.94 bits per heavy atom. The average molecular weight is 246 g/mol. The van der Waals surface area contributed by atoms with E-state index in [-0.39, 0.29) is 16.8 Å². The molecular formula is C11H20NO5+. The lowest BCUT2D eigenvalue weighted by molar-refractivity contribution is -0.875. The van der Waals surface area contributed by atoms with Gasteiger partial charge in [-0.2, -0.15) is 0 Å². The van der Waals surface area contributed by atoms with Crippen molar-refractivity contribution in [2.24, 2.45) is 0 Å². The van der Waals surface area contributed by atoms with Gasteiger partial charge >= 0.3 is 5.97 Å². The third-order valence-electron chi connectivity index (χ3n) is 2.11. The minimum atomic E-state index is -1.99. The summed E-state index contributed by atoms with van der Waals surface area (Å²) in [6, 6.07) is 0. The largest absolute Gasteiger partial charge is 0.481 e. The van der Waals surface area contributed by atoms with Crippen LogP contribution in [0.5, 0.6) is 0 Å². The maximum Gasteiger partial charge on any atom is 0.306 e. The summed E-state index contributed by atoms with van der Waals surface area (Å²) in [5, 5.41) is 18.9. The number of carboxylic acids is 1. The van der Waals surface area contributed by atoms with Crippen LogP contribution in [0.15, 0.2) is 0 Å². The Morgan fingerprint density at radius 1 is 1.18 bits per heavy atom. The predicted molar refractivity (Wildman–Crippen MR) is 60.4 cm³/mol. The first kappa shape index (κ1) is 15.7. The molecule has 17 heavy (non-hydrogen) atoms. The van der Waals surface area contributed by atoms with Gasteiger partial charge in [0.2, 0.25) is 0 Å². The van der Waals surface area contributed by atoms with Crippen molar-refractivity contribution >= 4 is 17.5 Å². The van der Waals surface area contributed by atoms with E-state index in [2.05, 4.69) is 0 Å². The maximum absolute atomic E-state index is 11.7. The highest BCUT2D eigenvalue weighted by atomic mass is 16.4. The van der Waals surface area contributed by atoms with Gasteiger partial charge < -0.3 is 14.7 Å². The van der Waals surface area contributed by atoms with Crippen molar-refractivity contribution < 1.29 is 29.1 Å². The van der Waals surface area contributed by atoms with Gasteiger partial charge in [0.15, 0.2) is 11.4 Å². The van der Waals surface area contributed by atoms with E-state index >= 15 is 0 Å². The molecule has 0 amide bonds. The summed E-state index contributed by atoms with van der Waals surface area (Å²) in [5.41, 5.74) is -1.99. The number of likely N-dealkylation sites (N-methyl/N-ethyl adjacent to an activating group) is 1. The highest BCUT2D eigenvalue weighted by Crippen LogP contribution is 2.18. The number of carboxylic acid groups (broad SMARTS) is 1. The van der Waals surface area contributed by atoms with E-state index in [0.29, 0.717) is 0 Å². The van der Waals surface area contributed by atoms with Gasteiger partial charge in [0.1, 0.15) is 12.3 Å². The van der Waals surface area contributed by atoms with E-state index in [1.165, 1.54) is 6.92 Å². The lowest BCUT2D eigenvalue weighted by Crippen LogP contribution is -2.55.